The van der Waals surface area contributed by atoms with Crippen molar-refractivity contribution in [3.05, 3.63) is 132 Å². The van der Waals surface area contributed by atoms with Crippen molar-refractivity contribution < 1.29 is 115 Å². The van der Waals surface area contributed by atoms with Crippen LogP contribution in [-0.2, 0) is 118 Å². The number of aliphatic hydroxyl groups excluding tert-OH is 1. The summed E-state index contributed by atoms with van der Waals surface area (Å²) in [6.07, 6.45) is -22.0. The van der Waals surface area contributed by atoms with E-state index in [2.05, 4.69) is 5.32 Å². The van der Waals surface area contributed by atoms with E-state index in [0.29, 0.717) is 5.56 Å². The molecule has 2 N–H and O–H groups in total. The average molecular weight is 1210 g/mol. The van der Waals surface area contributed by atoms with Crippen molar-refractivity contribution >= 4 is 53.7 Å². The lowest BCUT2D eigenvalue weighted by molar-refractivity contribution is -0.377. The highest BCUT2D eigenvalue weighted by Gasteiger charge is 2.64. The number of aliphatic hydroxyl groups is 1. The first-order chi connectivity index (χ1) is 41.6. The summed E-state index contributed by atoms with van der Waals surface area (Å²) in [6, 6.07) is 31.8. The van der Waals surface area contributed by atoms with Crippen molar-refractivity contribution in [2.75, 3.05) is 26.4 Å². The average Bonchev–Trinajstić information content (AvgIpc) is 1.03. The number of carbonyl (C=O) groups is 9. The van der Waals surface area contributed by atoms with Crippen LogP contribution in [0.3, 0.4) is 0 Å². The molecule has 0 saturated carbocycles. The lowest BCUT2D eigenvalue weighted by Gasteiger charge is -2.52. The van der Waals surface area contributed by atoms with Gasteiger partial charge < -0.3 is 76.7 Å². The van der Waals surface area contributed by atoms with Crippen LogP contribution >= 0.6 is 0 Å². The van der Waals surface area contributed by atoms with E-state index in [4.69, 9.17) is 66.3 Å². The smallest absolute Gasteiger partial charge is 0.367 e. The number of amides is 1. The predicted molar refractivity (Wildman–Crippen MR) is 297 cm³/mol. The van der Waals surface area contributed by atoms with Crippen LogP contribution in [0.2, 0.25) is 0 Å². The van der Waals surface area contributed by atoms with Gasteiger partial charge in [0.15, 0.2) is 30.7 Å². The van der Waals surface area contributed by atoms with Gasteiger partial charge in [0.25, 0.3) is 5.79 Å². The molecule has 3 saturated heterocycles. The van der Waals surface area contributed by atoms with E-state index >= 15 is 4.79 Å². The molecule has 4 aromatic rings. The molecule has 25 nitrogen and oxygen atoms in total. The second-order valence-electron chi connectivity index (χ2n) is 20.7. The molecular formula is C62H71NO24. The van der Waals surface area contributed by atoms with E-state index in [1.807, 2.05) is 54.6 Å². The van der Waals surface area contributed by atoms with Crippen LogP contribution in [0.1, 0.15) is 82.8 Å². The number of benzene rings is 4. The minimum Gasteiger partial charge on any atom is -0.462 e. The number of hydrogen-bond acceptors (Lipinski definition) is 24. The molecule has 4 aromatic carbocycles. The summed E-state index contributed by atoms with van der Waals surface area (Å²) < 4.78 is 84.9. The van der Waals surface area contributed by atoms with E-state index < -0.39 is 165 Å². The molecule has 0 aromatic heterocycles. The third kappa shape index (κ3) is 18.9. The zero-order chi connectivity index (χ0) is 62.8. The molecule has 0 bridgehead atoms. The van der Waals surface area contributed by atoms with Crippen molar-refractivity contribution in [1.29, 1.82) is 0 Å². The maximum Gasteiger partial charge on any atom is 0.367 e. The molecule has 0 radical (unpaired) electrons. The molecule has 0 spiro atoms. The Labute approximate surface area is 501 Å². The molecule has 3 fully saturated rings. The third-order valence-corrected chi connectivity index (χ3v) is 13.8. The van der Waals surface area contributed by atoms with Crippen molar-refractivity contribution in [2.45, 2.75) is 160 Å². The van der Waals surface area contributed by atoms with E-state index in [-0.39, 0.29) is 31.8 Å². The molecule has 468 valence electrons. The first kappa shape index (κ1) is 66.4. The largest absolute Gasteiger partial charge is 0.462 e. The Balaban J connectivity index is 1.33. The molecule has 7 rings (SSSR count). The highest BCUT2D eigenvalue weighted by atomic mass is 16.8. The van der Waals surface area contributed by atoms with E-state index in [9.17, 15) is 43.5 Å². The van der Waals surface area contributed by atoms with Crippen LogP contribution in [0, 0.1) is 0 Å². The zero-order valence-electron chi connectivity index (χ0n) is 49.0. The molecule has 3 heterocycles. The Morgan fingerprint density at radius 2 is 1.20 bits per heavy atom. The van der Waals surface area contributed by atoms with Gasteiger partial charge in [-0.3, -0.25) is 33.6 Å². The summed E-state index contributed by atoms with van der Waals surface area (Å²) in [5, 5.41) is 14.6. The number of esters is 8. The first-order valence-corrected chi connectivity index (χ1v) is 28.0. The summed E-state index contributed by atoms with van der Waals surface area (Å²) in [5.74, 6) is -12.2. The highest BCUT2D eigenvalue weighted by molar-refractivity contribution is 5.89. The summed E-state index contributed by atoms with van der Waals surface area (Å²) in [5.41, 5.74) is 3.36. The van der Waals surface area contributed by atoms with Crippen molar-refractivity contribution in [3.63, 3.8) is 0 Å². The van der Waals surface area contributed by atoms with Crippen LogP contribution < -0.4 is 5.32 Å². The van der Waals surface area contributed by atoms with Crippen LogP contribution in [0.25, 0.3) is 11.1 Å². The predicted octanol–water partition coefficient (Wildman–Crippen LogP) is 4.33. The fourth-order valence-corrected chi connectivity index (χ4v) is 10.2. The Bertz CT molecular complexity index is 2980. The molecule has 3 aliphatic heterocycles. The second-order valence-corrected chi connectivity index (χ2v) is 20.7. The first-order valence-electron chi connectivity index (χ1n) is 28.0. The van der Waals surface area contributed by atoms with Gasteiger partial charge in [-0.1, -0.05) is 103 Å². The van der Waals surface area contributed by atoms with Crippen LogP contribution in [0.4, 0.5) is 0 Å². The van der Waals surface area contributed by atoms with Gasteiger partial charge in [-0.25, -0.2) is 9.59 Å². The van der Waals surface area contributed by atoms with Gasteiger partial charge in [0, 0.05) is 55.1 Å². The maximum absolute atomic E-state index is 15.6. The third-order valence-electron chi connectivity index (χ3n) is 13.8. The van der Waals surface area contributed by atoms with E-state index in [1.165, 1.54) is 12.1 Å². The van der Waals surface area contributed by atoms with Gasteiger partial charge in [-0.05, 0) is 40.8 Å². The van der Waals surface area contributed by atoms with Crippen LogP contribution in [-0.4, -0.2) is 170 Å². The van der Waals surface area contributed by atoms with E-state index in [1.54, 1.807) is 48.5 Å². The van der Waals surface area contributed by atoms with E-state index in [0.717, 1.165) is 65.2 Å². The minimum absolute atomic E-state index is 0.00547. The lowest BCUT2D eigenvalue weighted by Crippen LogP contribution is -2.72. The van der Waals surface area contributed by atoms with Crippen LogP contribution in [0.15, 0.2) is 115 Å². The number of rotatable bonds is 25. The Kier molecular flexibility index (Phi) is 24.0. The Hall–Kier alpha value is -8.17. The fraction of sp³-hybridized carbons (Fsp3) is 0.468. The summed E-state index contributed by atoms with van der Waals surface area (Å²) in [4.78, 5) is 121. The number of hydrogen-bond donors (Lipinski definition) is 2. The minimum atomic E-state index is -3.09. The Morgan fingerprint density at radius 3 is 1.80 bits per heavy atom. The normalized spacial score (nSPS) is 25.8. The number of carbonyl (C=O) groups excluding carboxylic acids is 9. The molecule has 1 amide bonds. The molecule has 0 unspecified atom stereocenters. The maximum atomic E-state index is 15.6. The highest BCUT2D eigenvalue weighted by Crippen LogP contribution is 2.42. The Morgan fingerprint density at radius 1 is 0.598 bits per heavy atom. The zero-order valence-corrected chi connectivity index (χ0v) is 49.0. The lowest BCUT2D eigenvalue weighted by atomic mass is 9.87. The van der Waals surface area contributed by atoms with Gasteiger partial charge in [-0.2, -0.15) is 0 Å². The molecule has 3 aliphatic rings. The standard InChI is InChI=1S/C62H71NO24/c1-35(64)63-52-48(79-37(3)66)29-62(61(73)78-31-42-17-11-8-12-18-42,86-56(52)54(81-39(5)68)50(80-38(4)67)33-76-36(2)65)87-57-55(82-40(6)69)51(34-77-59(72)46-21-15-10-16-22-46)85-60(58(57)83-41(7)70)84-47-27-28-75-49(53(47)71)32-74-30-43-23-25-45(26-24-43)44-19-13-9-14-20-44/h8-26,47-58,60,71H,27-34H2,1-7H3,(H,63,64)/t47-,48+,49-,50-,51-,52-,53-,54-,55+,56-,57+,58-,60-,62+/m1/s1. The van der Waals surface area contributed by atoms with Crippen molar-refractivity contribution in [2.24, 2.45) is 0 Å². The molecule has 0 aliphatic carbocycles. The van der Waals surface area contributed by atoms with Crippen molar-refractivity contribution in [1.82, 2.24) is 5.32 Å². The van der Waals surface area contributed by atoms with Crippen LogP contribution in [0.5, 0.6) is 0 Å². The summed E-state index contributed by atoms with van der Waals surface area (Å²) >= 11 is 0. The summed E-state index contributed by atoms with van der Waals surface area (Å²) in [7, 11) is 0. The number of nitrogens with one attached hydrogen (secondary N) is 1. The topological polar surface area (TPSA) is 315 Å². The molecular weight excluding hydrogens is 1140 g/mol. The number of ether oxygens (including phenoxy) is 14. The molecule has 25 heteroatoms. The quantitative estimate of drug-likeness (QED) is 0.0689. The van der Waals surface area contributed by atoms with Gasteiger partial charge in [0.1, 0.15) is 56.4 Å². The van der Waals surface area contributed by atoms with Gasteiger partial charge in [0.05, 0.1) is 37.3 Å². The SMILES string of the molecule is CC(=O)N[C@H]1[C@H]([C@H](OC(C)=O)[C@@H](COC(C)=O)OC(C)=O)O[C@@](O[C@H]2[C@@H](OC(C)=O)[C@@H](COC(=O)c3ccccc3)O[C@@H](O[C@@H]3CCO[C@H](COCc4ccc(-c5ccccc5)cc4)[C@@H]3O)[C@@H]2OC(C)=O)(C(=O)OCc2ccccc2)C[C@@H]1OC(C)=O. The van der Waals surface area contributed by atoms with Crippen molar-refractivity contribution in [3.8, 4) is 11.1 Å². The van der Waals surface area contributed by atoms with Gasteiger partial charge in [0.2, 0.25) is 5.91 Å². The monoisotopic (exact) mass is 1210 g/mol. The molecule has 87 heavy (non-hydrogen) atoms. The second kappa shape index (κ2) is 31.5. The molecule has 14 atom stereocenters. The van der Waals surface area contributed by atoms with Gasteiger partial charge >= 0.3 is 47.8 Å². The summed E-state index contributed by atoms with van der Waals surface area (Å²) in [6.45, 7) is 4.93. The fourth-order valence-electron chi connectivity index (χ4n) is 10.2. The van der Waals surface area contributed by atoms with Gasteiger partial charge in [-0.15, -0.1) is 0 Å².